The number of aromatic amines is 1. The molecule has 0 bridgehead atoms. The number of carbonyl (C=O) groups is 3. The highest BCUT2D eigenvalue weighted by atomic mass is 32.2. The number of nitrogens with one attached hydrogen (secondary N) is 3. The average Bonchev–Trinajstić information content (AvgIpc) is 3.38. The average molecular weight is 562 g/mol. The molecule has 1 aliphatic heterocycles. The summed E-state index contributed by atoms with van der Waals surface area (Å²) in [7, 11) is 3.88. The van der Waals surface area contributed by atoms with Gasteiger partial charge in [-0.3, -0.25) is 19.3 Å². The maximum atomic E-state index is 12.2. The summed E-state index contributed by atoms with van der Waals surface area (Å²) in [4.78, 5) is 42.8. The van der Waals surface area contributed by atoms with E-state index in [2.05, 4.69) is 27.4 Å². The Kier molecular flexibility index (Phi) is 11.4. The van der Waals surface area contributed by atoms with E-state index >= 15 is 0 Å². The van der Waals surface area contributed by atoms with Crippen molar-refractivity contribution in [3.8, 4) is 5.75 Å². The molecule has 9 nitrogen and oxygen atoms in total. The predicted octanol–water partition coefficient (Wildman–Crippen LogP) is 3.89. The SMILES string of the molecule is CNCSc1[nH]c2c(N(C)CCC(C)CCNC(=O)CCCCCN3C(=O)C=CC3=O)c(O)ccc2c1S. The van der Waals surface area contributed by atoms with E-state index in [1.807, 2.05) is 20.2 Å². The van der Waals surface area contributed by atoms with Crippen LogP contribution in [0.25, 0.3) is 10.9 Å². The second-order valence-electron chi connectivity index (χ2n) is 9.73. The summed E-state index contributed by atoms with van der Waals surface area (Å²) in [6.45, 7) is 3.96. The molecule has 1 atom stereocenters. The smallest absolute Gasteiger partial charge is 0.253 e. The van der Waals surface area contributed by atoms with E-state index in [1.54, 1.807) is 17.8 Å². The molecule has 1 aromatic heterocycles. The zero-order chi connectivity index (χ0) is 27.7. The van der Waals surface area contributed by atoms with Gasteiger partial charge in [-0.25, -0.2) is 0 Å². The Morgan fingerprint density at radius 3 is 2.63 bits per heavy atom. The van der Waals surface area contributed by atoms with Crippen LogP contribution >= 0.6 is 24.4 Å². The number of thiol groups is 1. The van der Waals surface area contributed by atoms with E-state index in [0.29, 0.717) is 31.8 Å². The van der Waals surface area contributed by atoms with Crippen LogP contribution in [0, 0.1) is 5.92 Å². The van der Waals surface area contributed by atoms with Crippen LogP contribution in [0.2, 0.25) is 0 Å². The lowest BCUT2D eigenvalue weighted by Gasteiger charge is -2.23. The fourth-order valence-electron chi connectivity index (χ4n) is 4.43. The lowest BCUT2D eigenvalue weighted by molar-refractivity contribution is -0.137. The minimum Gasteiger partial charge on any atom is -0.506 e. The van der Waals surface area contributed by atoms with Gasteiger partial charge in [0.1, 0.15) is 11.4 Å². The number of benzene rings is 1. The number of aromatic hydroxyl groups is 1. The van der Waals surface area contributed by atoms with Crippen molar-refractivity contribution >= 4 is 58.7 Å². The van der Waals surface area contributed by atoms with Gasteiger partial charge in [0.15, 0.2) is 0 Å². The summed E-state index contributed by atoms with van der Waals surface area (Å²) in [5.41, 5.74) is 1.65. The molecule has 3 amide bonds. The second kappa shape index (κ2) is 14.5. The lowest BCUT2D eigenvalue weighted by atomic mass is 10.0. The van der Waals surface area contributed by atoms with Gasteiger partial charge in [0, 0.05) is 61.4 Å². The largest absolute Gasteiger partial charge is 0.506 e. The van der Waals surface area contributed by atoms with Crippen LogP contribution < -0.4 is 15.5 Å². The van der Waals surface area contributed by atoms with Crippen LogP contribution in [-0.4, -0.2) is 72.3 Å². The van der Waals surface area contributed by atoms with E-state index in [1.165, 1.54) is 17.1 Å². The molecule has 0 saturated heterocycles. The van der Waals surface area contributed by atoms with Gasteiger partial charge in [-0.2, -0.15) is 0 Å². The summed E-state index contributed by atoms with van der Waals surface area (Å²) in [5.74, 6) is 0.899. The van der Waals surface area contributed by atoms with Crippen LogP contribution in [0.4, 0.5) is 5.69 Å². The number of amides is 3. The molecule has 4 N–H and O–H groups in total. The minimum atomic E-state index is -0.258. The molecule has 208 valence electrons. The van der Waals surface area contributed by atoms with Gasteiger partial charge in [0.2, 0.25) is 5.91 Å². The van der Waals surface area contributed by atoms with Gasteiger partial charge in [0.25, 0.3) is 11.8 Å². The zero-order valence-electron chi connectivity index (χ0n) is 22.4. The highest BCUT2D eigenvalue weighted by Gasteiger charge is 2.22. The topological polar surface area (TPSA) is 118 Å². The van der Waals surface area contributed by atoms with Crippen molar-refractivity contribution in [2.45, 2.75) is 55.4 Å². The van der Waals surface area contributed by atoms with Gasteiger partial charge in [-0.05, 0) is 50.8 Å². The number of carbonyl (C=O) groups excluding carboxylic acids is 3. The summed E-state index contributed by atoms with van der Waals surface area (Å²) < 4.78 is 0. The lowest BCUT2D eigenvalue weighted by Crippen LogP contribution is -2.30. The van der Waals surface area contributed by atoms with Crippen LogP contribution in [0.3, 0.4) is 0 Å². The van der Waals surface area contributed by atoms with Crippen molar-refractivity contribution < 1.29 is 19.5 Å². The first-order chi connectivity index (χ1) is 18.2. The molecule has 0 fully saturated rings. The van der Waals surface area contributed by atoms with Crippen LogP contribution in [0.1, 0.15) is 45.4 Å². The van der Waals surface area contributed by atoms with E-state index in [9.17, 15) is 19.5 Å². The number of imide groups is 1. The van der Waals surface area contributed by atoms with Gasteiger partial charge < -0.3 is 25.6 Å². The summed E-state index contributed by atoms with van der Waals surface area (Å²) in [6, 6.07) is 3.61. The highest BCUT2D eigenvalue weighted by molar-refractivity contribution is 7.99. The maximum absolute atomic E-state index is 12.2. The first-order valence-corrected chi connectivity index (χ1v) is 14.5. The quantitative estimate of drug-likeness (QED) is 0.0694. The Morgan fingerprint density at radius 2 is 1.92 bits per heavy atom. The zero-order valence-corrected chi connectivity index (χ0v) is 24.1. The normalized spacial score (nSPS) is 14.1. The Balaban J connectivity index is 1.36. The van der Waals surface area contributed by atoms with Gasteiger partial charge >= 0.3 is 0 Å². The fraction of sp³-hybridized carbons (Fsp3) is 0.519. The first-order valence-electron chi connectivity index (χ1n) is 13.1. The second-order valence-corrected chi connectivity index (χ2v) is 11.2. The van der Waals surface area contributed by atoms with E-state index < -0.39 is 0 Å². The molecule has 0 saturated carbocycles. The Bertz CT molecular complexity index is 1150. The third kappa shape index (κ3) is 7.94. The van der Waals surface area contributed by atoms with Crippen LogP contribution in [0.15, 0.2) is 34.2 Å². The number of phenolic OH excluding ortho intramolecular Hbond substituents is 1. The third-order valence-corrected chi connectivity index (χ3v) is 8.35. The van der Waals surface area contributed by atoms with E-state index in [-0.39, 0.29) is 23.5 Å². The molecule has 1 aliphatic rings. The number of fused-ring (bicyclic) bond motifs is 1. The number of phenols is 1. The predicted molar refractivity (Wildman–Crippen MR) is 156 cm³/mol. The molecule has 0 aliphatic carbocycles. The van der Waals surface area contributed by atoms with Crippen LogP contribution in [0.5, 0.6) is 5.75 Å². The van der Waals surface area contributed by atoms with Crippen molar-refractivity contribution in [1.82, 2.24) is 20.5 Å². The summed E-state index contributed by atoms with van der Waals surface area (Å²) >= 11 is 6.33. The van der Waals surface area contributed by atoms with Crippen LogP contribution in [-0.2, 0) is 14.4 Å². The summed E-state index contributed by atoms with van der Waals surface area (Å²) in [6.07, 6.45) is 7.04. The van der Waals surface area contributed by atoms with Gasteiger partial charge in [-0.15, -0.1) is 12.6 Å². The molecule has 2 aromatic rings. The number of nitrogens with zero attached hydrogens (tertiary/aromatic N) is 2. The highest BCUT2D eigenvalue weighted by Crippen LogP contribution is 2.41. The number of unbranched alkanes of at least 4 members (excludes halogenated alkanes) is 2. The Labute approximate surface area is 234 Å². The van der Waals surface area contributed by atoms with Crippen molar-refractivity contribution in [3.63, 3.8) is 0 Å². The van der Waals surface area contributed by atoms with E-state index in [0.717, 1.165) is 64.6 Å². The van der Waals surface area contributed by atoms with Crippen molar-refractivity contribution in [2.75, 3.05) is 44.5 Å². The maximum Gasteiger partial charge on any atom is 0.253 e. The number of aromatic nitrogens is 1. The molecule has 1 unspecified atom stereocenters. The first kappa shape index (κ1) is 29.9. The van der Waals surface area contributed by atoms with Crippen molar-refractivity contribution in [1.29, 1.82) is 0 Å². The molecular formula is C27H39N5O4S2. The number of rotatable bonds is 16. The molecule has 38 heavy (non-hydrogen) atoms. The monoisotopic (exact) mass is 561 g/mol. The number of hydrogen-bond donors (Lipinski definition) is 5. The standard InChI is InChI=1S/C27H39N5O4S2/c1-18(12-14-29-21(34)7-5-4-6-15-32-22(35)10-11-23(32)36)13-16-31(3)25-20(33)9-8-19-24(25)30-27(26(19)37)38-17-28-2/h8-11,18,28,30,33,37H,4-7,12-17H2,1-3H3,(H,29,34). The molecule has 0 radical (unpaired) electrons. The summed E-state index contributed by atoms with van der Waals surface area (Å²) in [5, 5.41) is 18.7. The molecular weight excluding hydrogens is 522 g/mol. The fourth-order valence-corrected chi connectivity index (χ4v) is 5.58. The van der Waals surface area contributed by atoms with Crippen molar-refractivity contribution in [2.24, 2.45) is 5.92 Å². The van der Waals surface area contributed by atoms with Gasteiger partial charge in [0.05, 0.1) is 10.5 Å². The van der Waals surface area contributed by atoms with Crippen molar-refractivity contribution in [3.05, 3.63) is 24.3 Å². The number of anilines is 1. The molecule has 3 rings (SSSR count). The number of thioether (sulfide) groups is 1. The molecule has 2 heterocycles. The minimum absolute atomic E-state index is 0.0298. The van der Waals surface area contributed by atoms with E-state index in [4.69, 9.17) is 12.6 Å². The van der Waals surface area contributed by atoms with Gasteiger partial charge in [-0.1, -0.05) is 25.1 Å². The Hall–Kier alpha value is -2.63. The Morgan fingerprint density at radius 1 is 1.18 bits per heavy atom. The molecule has 1 aromatic carbocycles. The third-order valence-electron chi connectivity index (χ3n) is 6.71. The number of H-pyrrole nitrogens is 1. The number of hydrogen-bond acceptors (Lipinski definition) is 8. The molecule has 0 spiro atoms. The molecule has 11 heteroatoms.